The zero-order chi connectivity index (χ0) is 14.0. The summed E-state index contributed by atoms with van der Waals surface area (Å²) in [7, 11) is -2.78. The van der Waals surface area contributed by atoms with E-state index in [9.17, 15) is 8.42 Å². The molecule has 20 heavy (non-hydrogen) atoms. The maximum Gasteiger partial charge on any atom is 0.150 e. The SMILES string of the molecule is O=S1(=O)CCC(Nc2cccc(N3CCCC3)c2)CC1. The van der Waals surface area contributed by atoms with E-state index >= 15 is 0 Å². The summed E-state index contributed by atoms with van der Waals surface area (Å²) in [6.45, 7) is 2.29. The van der Waals surface area contributed by atoms with E-state index in [1.54, 1.807) is 0 Å². The molecule has 4 nitrogen and oxygen atoms in total. The Morgan fingerprint density at radius 3 is 2.50 bits per heavy atom. The highest BCUT2D eigenvalue weighted by molar-refractivity contribution is 7.91. The largest absolute Gasteiger partial charge is 0.382 e. The standard InChI is InChI=1S/C15H22N2O2S/c18-20(19)10-6-13(7-11-20)16-14-4-3-5-15(12-14)17-8-1-2-9-17/h3-5,12-13,16H,1-2,6-11H2. The topological polar surface area (TPSA) is 49.4 Å². The molecule has 0 radical (unpaired) electrons. The number of sulfone groups is 1. The van der Waals surface area contributed by atoms with Gasteiger partial charge in [0, 0.05) is 30.5 Å². The fourth-order valence-electron chi connectivity index (χ4n) is 3.04. The van der Waals surface area contributed by atoms with E-state index in [4.69, 9.17) is 0 Å². The Kier molecular flexibility index (Phi) is 3.87. The van der Waals surface area contributed by atoms with Crippen LogP contribution in [0.5, 0.6) is 0 Å². The van der Waals surface area contributed by atoms with Crippen LogP contribution in [0.2, 0.25) is 0 Å². The third kappa shape index (κ3) is 3.26. The van der Waals surface area contributed by atoms with Crippen LogP contribution >= 0.6 is 0 Å². The predicted molar refractivity (Wildman–Crippen MR) is 83.2 cm³/mol. The molecule has 2 aliphatic rings. The van der Waals surface area contributed by atoms with Crippen LogP contribution in [0.4, 0.5) is 11.4 Å². The van der Waals surface area contributed by atoms with Gasteiger partial charge in [0.15, 0.2) is 0 Å². The molecule has 0 amide bonds. The fourth-order valence-corrected chi connectivity index (χ4v) is 4.53. The van der Waals surface area contributed by atoms with Crippen molar-refractivity contribution in [3.63, 3.8) is 0 Å². The van der Waals surface area contributed by atoms with Crippen molar-refractivity contribution in [2.24, 2.45) is 0 Å². The van der Waals surface area contributed by atoms with Crippen molar-refractivity contribution >= 4 is 21.2 Å². The van der Waals surface area contributed by atoms with Gasteiger partial charge in [0.25, 0.3) is 0 Å². The summed E-state index contributed by atoms with van der Waals surface area (Å²) in [6.07, 6.45) is 3.99. The number of nitrogens with zero attached hydrogens (tertiary/aromatic N) is 1. The van der Waals surface area contributed by atoms with Crippen LogP contribution < -0.4 is 10.2 Å². The average Bonchev–Trinajstić information content (AvgIpc) is 2.96. The molecule has 2 saturated heterocycles. The third-order valence-corrected chi connectivity index (χ3v) is 5.96. The molecule has 0 aliphatic carbocycles. The number of benzene rings is 1. The molecule has 5 heteroatoms. The van der Waals surface area contributed by atoms with E-state index in [2.05, 4.69) is 34.5 Å². The maximum atomic E-state index is 11.4. The van der Waals surface area contributed by atoms with Crippen molar-refractivity contribution in [3.05, 3.63) is 24.3 Å². The van der Waals surface area contributed by atoms with E-state index < -0.39 is 9.84 Å². The van der Waals surface area contributed by atoms with Gasteiger partial charge in [-0.05, 0) is 43.9 Å². The second-order valence-corrected chi connectivity index (χ2v) is 8.12. The van der Waals surface area contributed by atoms with E-state index in [1.807, 2.05) is 0 Å². The summed E-state index contributed by atoms with van der Waals surface area (Å²) in [5.74, 6) is 0.632. The van der Waals surface area contributed by atoms with Crippen molar-refractivity contribution in [3.8, 4) is 0 Å². The van der Waals surface area contributed by atoms with Gasteiger partial charge in [-0.25, -0.2) is 8.42 Å². The number of hydrogen-bond donors (Lipinski definition) is 1. The van der Waals surface area contributed by atoms with Crippen LogP contribution in [0.15, 0.2) is 24.3 Å². The lowest BCUT2D eigenvalue weighted by Gasteiger charge is -2.25. The van der Waals surface area contributed by atoms with E-state index in [1.165, 1.54) is 18.5 Å². The third-order valence-electron chi connectivity index (χ3n) is 4.24. The first-order valence-corrected chi connectivity index (χ1v) is 9.26. The molecule has 1 aromatic rings. The summed E-state index contributed by atoms with van der Waals surface area (Å²) in [4.78, 5) is 2.41. The number of rotatable bonds is 3. The lowest BCUT2D eigenvalue weighted by Crippen LogP contribution is -2.32. The Morgan fingerprint density at radius 1 is 1.10 bits per heavy atom. The van der Waals surface area contributed by atoms with Crippen molar-refractivity contribution < 1.29 is 8.42 Å². The summed E-state index contributed by atoms with van der Waals surface area (Å²) in [5.41, 5.74) is 2.38. The van der Waals surface area contributed by atoms with Gasteiger partial charge < -0.3 is 10.2 Å². The van der Waals surface area contributed by atoms with Gasteiger partial charge >= 0.3 is 0 Å². The molecule has 0 bridgehead atoms. The molecule has 2 fully saturated rings. The van der Waals surface area contributed by atoms with Crippen LogP contribution in [-0.2, 0) is 9.84 Å². The molecule has 110 valence electrons. The first kappa shape index (κ1) is 13.7. The number of anilines is 2. The molecule has 0 spiro atoms. The van der Waals surface area contributed by atoms with E-state index in [0.29, 0.717) is 11.5 Å². The van der Waals surface area contributed by atoms with Gasteiger partial charge in [-0.15, -0.1) is 0 Å². The molecule has 0 unspecified atom stereocenters. The van der Waals surface area contributed by atoms with Gasteiger partial charge in [0.2, 0.25) is 0 Å². The Balaban J connectivity index is 1.64. The molecular formula is C15H22N2O2S. The monoisotopic (exact) mass is 294 g/mol. The average molecular weight is 294 g/mol. The van der Waals surface area contributed by atoms with Gasteiger partial charge in [-0.1, -0.05) is 6.07 Å². The summed E-state index contributed by atoms with van der Waals surface area (Å²) in [5, 5.41) is 3.49. The van der Waals surface area contributed by atoms with Gasteiger partial charge in [-0.2, -0.15) is 0 Å². The van der Waals surface area contributed by atoms with Gasteiger partial charge in [-0.3, -0.25) is 0 Å². The highest BCUT2D eigenvalue weighted by Crippen LogP contribution is 2.25. The number of nitrogens with one attached hydrogen (secondary N) is 1. The van der Waals surface area contributed by atoms with Crippen molar-refractivity contribution in [1.82, 2.24) is 0 Å². The summed E-state index contributed by atoms with van der Waals surface area (Å²) in [6, 6.07) is 8.78. The molecule has 2 heterocycles. The molecule has 0 saturated carbocycles. The second-order valence-electron chi connectivity index (χ2n) is 5.81. The van der Waals surface area contributed by atoms with Crippen LogP contribution in [0.3, 0.4) is 0 Å². The minimum Gasteiger partial charge on any atom is -0.382 e. The molecular weight excluding hydrogens is 272 g/mol. The maximum absolute atomic E-state index is 11.4. The summed E-state index contributed by atoms with van der Waals surface area (Å²) >= 11 is 0. The predicted octanol–water partition coefficient (Wildman–Crippen LogP) is 2.28. The van der Waals surface area contributed by atoms with Crippen molar-refractivity contribution in [2.75, 3.05) is 34.8 Å². The van der Waals surface area contributed by atoms with E-state index in [0.717, 1.165) is 31.6 Å². The zero-order valence-electron chi connectivity index (χ0n) is 11.7. The zero-order valence-corrected chi connectivity index (χ0v) is 12.5. The smallest absolute Gasteiger partial charge is 0.150 e. The van der Waals surface area contributed by atoms with Gasteiger partial charge in [0.1, 0.15) is 9.84 Å². The minimum atomic E-state index is -2.78. The van der Waals surface area contributed by atoms with Crippen molar-refractivity contribution in [2.45, 2.75) is 31.7 Å². The van der Waals surface area contributed by atoms with Crippen LogP contribution in [-0.4, -0.2) is 39.1 Å². The number of hydrogen-bond acceptors (Lipinski definition) is 4. The molecule has 0 atom stereocenters. The fraction of sp³-hybridized carbons (Fsp3) is 0.600. The second kappa shape index (κ2) is 5.64. The minimum absolute atomic E-state index is 0.285. The normalized spacial score (nSPS) is 22.9. The first-order chi connectivity index (χ1) is 9.62. The molecule has 3 rings (SSSR count). The molecule has 1 aromatic carbocycles. The lowest BCUT2D eigenvalue weighted by atomic mass is 10.1. The van der Waals surface area contributed by atoms with E-state index in [-0.39, 0.29) is 6.04 Å². The Hall–Kier alpha value is -1.23. The quantitative estimate of drug-likeness (QED) is 0.929. The highest BCUT2D eigenvalue weighted by Gasteiger charge is 2.23. The van der Waals surface area contributed by atoms with Crippen molar-refractivity contribution in [1.29, 1.82) is 0 Å². The highest BCUT2D eigenvalue weighted by atomic mass is 32.2. The van der Waals surface area contributed by atoms with Crippen LogP contribution in [0.25, 0.3) is 0 Å². The Morgan fingerprint density at radius 2 is 1.80 bits per heavy atom. The first-order valence-electron chi connectivity index (χ1n) is 7.44. The Labute approximate surface area is 121 Å². The molecule has 2 aliphatic heterocycles. The molecule has 1 N–H and O–H groups in total. The van der Waals surface area contributed by atoms with Crippen LogP contribution in [0.1, 0.15) is 25.7 Å². The lowest BCUT2D eigenvalue weighted by molar-refractivity contribution is 0.559. The Bertz CT molecular complexity index is 551. The van der Waals surface area contributed by atoms with Crippen LogP contribution in [0, 0.1) is 0 Å². The molecule has 0 aromatic heterocycles. The summed E-state index contributed by atoms with van der Waals surface area (Å²) < 4.78 is 22.9. The van der Waals surface area contributed by atoms with Gasteiger partial charge in [0.05, 0.1) is 11.5 Å².